The number of nitrogens with two attached hydrogens (primary N) is 2. The van der Waals surface area contributed by atoms with Crippen LogP contribution >= 0.6 is 0 Å². The molecule has 0 aromatic heterocycles. The van der Waals surface area contributed by atoms with E-state index < -0.39 is 5.79 Å². The molecule has 4 atom stereocenters. The highest BCUT2D eigenvalue weighted by atomic mass is 16.8. The lowest BCUT2D eigenvalue weighted by Crippen LogP contribution is -2.51. The lowest BCUT2D eigenvalue weighted by molar-refractivity contribution is -0.149. The quantitative estimate of drug-likeness (QED) is 0.557. The van der Waals surface area contributed by atoms with Gasteiger partial charge in [-0.2, -0.15) is 0 Å². The van der Waals surface area contributed by atoms with Gasteiger partial charge in [0.1, 0.15) is 35.2 Å². The normalized spacial score (nSPS) is 21.3. The molecule has 0 bridgehead atoms. The zero-order valence-electron chi connectivity index (χ0n) is 20.3. The molecule has 1 saturated heterocycles. The highest BCUT2D eigenvalue weighted by Crippen LogP contribution is 2.34. The fourth-order valence-corrected chi connectivity index (χ4v) is 4.22. The molecule has 2 aromatic carbocycles. The summed E-state index contributed by atoms with van der Waals surface area (Å²) in [5, 5.41) is 0. The maximum Gasteiger partial charge on any atom is 0.163 e. The zero-order chi connectivity index (χ0) is 24.2. The minimum absolute atomic E-state index is 0.348. The highest BCUT2D eigenvalue weighted by molar-refractivity contribution is 5.40. The summed E-state index contributed by atoms with van der Waals surface area (Å²) in [7, 11) is 6.49. The molecule has 33 heavy (non-hydrogen) atoms. The van der Waals surface area contributed by atoms with Gasteiger partial charge in [0, 0.05) is 24.2 Å². The van der Waals surface area contributed by atoms with Crippen LogP contribution in [0.1, 0.15) is 25.0 Å². The Labute approximate surface area is 196 Å². The Kier molecular flexibility index (Phi) is 8.07. The van der Waals surface area contributed by atoms with Crippen molar-refractivity contribution in [3.05, 3.63) is 47.5 Å². The molecule has 1 heterocycles. The number of hydrogen-bond acceptors (Lipinski definition) is 8. The molecule has 1 fully saturated rings. The second-order valence-corrected chi connectivity index (χ2v) is 8.74. The van der Waals surface area contributed by atoms with Crippen LogP contribution in [0.4, 0.5) is 0 Å². The summed E-state index contributed by atoms with van der Waals surface area (Å²) in [6.07, 6.45) is 0.321. The minimum atomic E-state index is -0.789. The number of ether oxygens (including phenoxy) is 6. The summed E-state index contributed by atoms with van der Waals surface area (Å²) in [6.45, 7) is 3.76. The maximum absolute atomic E-state index is 6.65. The Morgan fingerprint density at radius 3 is 1.24 bits per heavy atom. The van der Waals surface area contributed by atoms with Gasteiger partial charge in [0.15, 0.2) is 5.79 Å². The Bertz CT molecular complexity index is 817. The predicted octanol–water partition coefficient (Wildman–Crippen LogP) is 2.68. The Morgan fingerprint density at radius 1 is 0.667 bits per heavy atom. The molecule has 0 unspecified atom stereocenters. The number of hydrogen-bond donors (Lipinski definition) is 2. The van der Waals surface area contributed by atoms with E-state index in [1.54, 1.807) is 28.4 Å². The molecule has 0 spiro atoms. The van der Waals surface area contributed by atoms with Gasteiger partial charge in [0.2, 0.25) is 0 Å². The molecule has 0 amide bonds. The van der Waals surface area contributed by atoms with Gasteiger partial charge in [0.25, 0.3) is 0 Å². The highest BCUT2D eigenvalue weighted by Gasteiger charge is 2.46. The van der Waals surface area contributed by atoms with E-state index in [2.05, 4.69) is 0 Å². The maximum atomic E-state index is 6.65. The number of methoxy groups -OCH3 is 4. The van der Waals surface area contributed by atoms with E-state index in [0.29, 0.717) is 35.8 Å². The van der Waals surface area contributed by atoms with Crippen molar-refractivity contribution in [1.29, 1.82) is 0 Å². The van der Waals surface area contributed by atoms with E-state index in [4.69, 9.17) is 39.9 Å². The van der Waals surface area contributed by atoms with Gasteiger partial charge in [-0.05, 0) is 62.1 Å². The first-order valence-electron chi connectivity index (χ1n) is 11.0. The summed E-state index contributed by atoms with van der Waals surface area (Å²) < 4.78 is 34.0. The van der Waals surface area contributed by atoms with E-state index >= 15 is 0 Å². The third-order valence-corrected chi connectivity index (χ3v) is 5.77. The van der Waals surface area contributed by atoms with Gasteiger partial charge in [-0.15, -0.1) is 0 Å². The van der Waals surface area contributed by atoms with Crippen LogP contribution in [0, 0.1) is 0 Å². The minimum Gasteiger partial charge on any atom is -0.497 e. The van der Waals surface area contributed by atoms with Crippen LogP contribution in [0.5, 0.6) is 23.0 Å². The standard InChI is InChI=1S/C25H36N2O6/c1-25(2)32-23(21(26)11-15-7-17(28-3)13-18(8-15)29-4)24(33-25)22(27)12-16-9-19(30-5)14-20(10-16)31-6/h7-10,13-14,21-24H,11-12,26-27H2,1-6H3/t21-,22-,23+,24+/m1/s1. The van der Waals surface area contributed by atoms with Crippen molar-refractivity contribution in [2.45, 2.75) is 56.8 Å². The number of benzene rings is 2. The van der Waals surface area contributed by atoms with Gasteiger partial charge in [-0.25, -0.2) is 0 Å². The van der Waals surface area contributed by atoms with Gasteiger partial charge in [-0.3, -0.25) is 0 Å². The summed E-state index contributed by atoms with van der Waals surface area (Å²) >= 11 is 0. The lowest BCUT2D eigenvalue weighted by Gasteiger charge is -2.27. The first kappa shape index (κ1) is 25.1. The van der Waals surface area contributed by atoms with Gasteiger partial charge in [0.05, 0.1) is 28.4 Å². The molecule has 0 saturated carbocycles. The number of rotatable bonds is 10. The summed E-state index contributed by atoms with van der Waals surface area (Å²) in [4.78, 5) is 0. The van der Waals surface area contributed by atoms with Gasteiger partial charge in [-0.1, -0.05) is 0 Å². The smallest absolute Gasteiger partial charge is 0.163 e. The molecule has 8 heteroatoms. The third-order valence-electron chi connectivity index (χ3n) is 5.77. The van der Waals surface area contributed by atoms with Crippen LogP contribution in [0.25, 0.3) is 0 Å². The van der Waals surface area contributed by atoms with Crippen molar-refractivity contribution in [3.63, 3.8) is 0 Å². The van der Waals surface area contributed by atoms with Gasteiger partial charge < -0.3 is 39.9 Å². The second kappa shape index (κ2) is 10.6. The average molecular weight is 461 g/mol. The summed E-state index contributed by atoms with van der Waals surface area (Å²) in [6, 6.07) is 10.7. The molecule has 0 aliphatic carbocycles. The van der Waals surface area contributed by atoms with E-state index in [1.807, 2.05) is 50.2 Å². The van der Waals surface area contributed by atoms with Crippen molar-refractivity contribution >= 4 is 0 Å². The van der Waals surface area contributed by atoms with Crippen LogP contribution < -0.4 is 30.4 Å². The molecule has 1 aliphatic rings. The largest absolute Gasteiger partial charge is 0.497 e. The molecule has 2 aromatic rings. The van der Waals surface area contributed by atoms with Crippen molar-refractivity contribution in [3.8, 4) is 23.0 Å². The first-order valence-corrected chi connectivity index (χ1v) is 11.0. The third kappa shape index (κ3) is 6.29. The fraction of sp³-hybridized carbons (Fsp3) is 0.520. The monoisotopic (exact) mass is 460 g/mol. The molecule has 182 valence electrons. The molecule has 4 N–H and O–H groups in total. The molecule has 1 aliphatic heterocycles. The van der Waals surface area contributed by atoms with Crippen molar-refractivity contribution < 1.29 is 28.4 Å². The van der Waals surface area contributed by atoms with E-state index in [1.165, 1.54) is 0 Å². The Morgan fingerprint density at radius 2 is 0.970 bits per heavy atom. The van der Waals surface area contributed by atoms with Crippen LogP contribution in [0.15, 0.2) is 36.4 Å². The molecule has 3 rings (SSSR count). The Balaban J connectivity index is 1.78. The average Bonchev–Trinajstić information content (AvgIpc) is 3.14. The van der Waals surface area contributed by atoms with E-state index in [0.717, 1.165) is 11.1 Å². The molecular weight excluding hydrogens is 424 g/mol. The fourth-order valence-electron chi connectivity index (χ4n) is 4.22. The summed E-state index contributed by atoms with van der Waals surface area (Å²) in [5.74, 6) is 2.05. The molecular formula is C25H36N2O6. The van der Waals surface area contributed by atoms with Crippen LogP contribution in [-0.2, 0) is 22.3 Å². The zero-order valence-corrected chi connectivity index (χ0v) is 20.3. The summed E-state index contributed by atoms with van der Waals surface area (Å²) in [5.41, 5.74) is 15.3. The van der Waals surface area contributed by atoms with E-state index in [9.17, 15) is 0 Å². The first-order chi connectivity index (χ1) is 15.7. The van der Waals surface area contributed by atoms with Crippen LogP contribution in [0.2, 0.25) is 0 Å². The van der Waals surface area contributed by atoms with Crippen molar-refractivity contribution in [2.75, 3.05) is 28.4 Å². The van der Waals surface area contributed by atoms with Crippen molar-refractivity contribution in [1.82, 2.24) is 0 Å². The predicted molar refractivity (Wildman–Crippen MR) is 126 cm³/mol. The molecule has 0 radical (unpaired) electrons. The van der Waals surface area contributed by atoms with Crippen molar-refractivity contribution in [2.24, 2.45) is 11.5 Å². The van der Waals surface area contributed by atoms with Crippen LogP contribution in [0.3, 0.4) is 0 Å². The van der Waals surface area contributed by atoms with Gasteiger partial charge >= 0.3 is 0 Å². The Hall–Kier alpha value is -2.52. The topological polar surface area (TPSA) is 107 Å². The second-order valence-electron chi connectivity index (χ2n) is 8.74. The lowest BCUT2D eigenvalue weighted by atomic mass is 9.92. The van der Waals surface area contributed by atoms with Crippen LogP contribution in [-0.4, -0.2) is 58.5 Å². The molecule has 8 nitrogen and oxygen atoms in total. The van der Waals surface area contributed by atoms with E-state index in [-0.39, 0.29) is 24.3 Å². The SMILES string of the molecule is COc1cc(C[C@@H](N)[C@@H]2OC(C)(C)O[C@H]2[C@H](N)Cc2cc(OC)cc(OC)c2)cc(OC)c1.